The van der Waals surface area contributed by atoms with Gasteiger partial charge in [-0.15, -0.1) is 0 Å². The zero-order valence-electron chi connectivity index (χ0n) is 12.1. The smallest absolute Gasteiger partial charge is 0.0593 e. The second-order valence-corrected chi connectivity index (χ2v) is 4.99. The summed E-state index contributed by atoms with van der Waals surface area (Å²) in [5.74, 6) is 0. The molecule has 1 aromatic rings. The number of hydrogen-bond acceptors (Lipinski definition) is 3. The van der Waals surface area contributed by atoms with E-state index in [0.717, 1.165) is 26.3 Å². The third kappa shape index (κ3) is 5.17. The lowest BCUT2D eigenvalue weighted by molar-refractivity contribution is 0.120. The van der Waals surface area contributed by atoms with Crippen LogP contribution in [0.4, 0.5) is 0 Å². The van der Waals surface area contributed by atoms with Gasteiger partial charge in [0.25, 0.3) is 0 Å². The first kappa shape index (κ1) is 15.2. The van der Waals surface area contributed by atoms with Crippen LogP contribution in [0.3, 0.4) is 0 Å². The van der Waals surface area contributed by atoms with Gasteiger partial charge < -0.3 is 15.4 Å². The normalized spacial score (nSPS) is 13.0. The average Bonchev–Trinajstić information content (AvgIpc) is 2.28. The predicted octanol–water partition coefficient (Wildman–Crippen LogP) is 2.27. The monoisotopic (exact) mass is 250 g/mol. The Morgan fingerprint density at radius 3 is 2.39 bits per heavy atom. The molecule has 1 unspecified atom stereocenters. The second-order valence-electron chi connectivity index (χ2n) is 4.99. The number of nitrogens with two attached hydrogens (primary N) is 1. The van der Waals surface area contributed by atoms with Crippen LogP contribution < -0.4 is 5.73 Å². The molecule has 0 aliphatic heterocycles. The number of likely N-dealkylation sites (N-methyl/N-ethyl adjacent to an activating group) is 1. The van der Waals surface area contributed by atoms with Crippen LogP contribution in [0.5, 0.6) is 0 Å². The molecule has 0 aliphatic carbocycles. The molecular weight excluding hydrogens is 224 g/mol. The van der Waals surface area contributed by atoms with Crippen molar-refractivity contribution in [3.8, 4) is 0 Å². The number of hydrogen-bond donors (Lipinski definition) is 1. The Balaban J connectivity index is 2.50. The first-order valence-electron chi connectivity index (χ1n) is 6.63. The quantitative estimate of drug-likeness (QED) is 0.755. The highest BCUT2D eigenvalue weighted by atomic mass is 16.5. The standard InChI is InChI=1S/C15H26N2O/c1-5-18-7-6-17(4)11-15(16)14-9-12(2)8-13(3)10-14/h8-10,15H,5-7,11,16H2,1-4H3. The van der Waals surface area contributed by atoms with Crippen LogP contribution in [0.15, 0.2) is 18.2 Å². The Morgan fingerprint density at radius 2 is 1.83 bits per heavy atom. The zero-order chi connectivity index (χ0) is 13.5. The summed E-state index contributed by atoms with van der Waals surface area (Å²) < 4.78 is 5.35. The molecule has 0 fully saturated rings. The van der Waals surface area contributed by atoms with E-state index in [2.05, 4.69) is 44.0 Å². The fourth-order valence-electron chi connectivity index (χ4n) is 2.12. The minimum atomic E-state index is 0.0650. The number of ether oxygens (including phenoxy) is 1. The fraction of sp³-hybridized carbons (Fsp3) is 0.600. The lowest BCUT2D eigenvalue weighted by Crippen LogP contribution is -2.31. The minimum Gasteiger partial charge on any atom is -0.380 e. The van der Waals surface area contributed by atoms with Crippen molar-refractivity contribution in [3.05, 3.63) is 34.9 Å². The van der Waals surface area contributed by atoms with Gasteiger partial charge in [0.05, 0.1) is 6.61 Å². The van der Waals surface area contributed by atoms with E-state index in [0.29, 0.717) is 0 Å². The summed E-state index contributed by atoms with van der Waals surface area (Å²) in [4.78, 5) is 2.22. The molecule has 1 atom stereocenters. The Hall–Kier alpha value is -0.900. The van der Waals surface area contributed by atoms with E-state index in [1.54, 1.807) is 0 Å². The summed E-state index contributed by atoms with van der Waals surface area (Å²) >= 11 is 0. The van der Waals surface area contributed by atoms with Gasteiger partial charge in [-0.05, 0) is 33.4 Å². The zero-order valence-corrected chi connectivity index (χ0v) is 12.1. The molecule has 0 aliphatic rings. The third-order valence-electron chi connectivity index (χ3n) is 3.00. The van der Waals surface area contributed by atoms with Gasteiger partial charge in [-0.3, -0.25) is 0 Å². The molecule has 0 spiro atoms. The highest BCUT2D eigenvalue weighted by Gasteiger charge is 2.10. The number of nitrogens with zero attached hydrogens (tertiary/aromatic N) is 1. The van der Waals surface area contributed by atoms with Crippen LogP contribution in [-0.4, -0.2) is 38.3 Å². The van der Waals surface area contributed by atoms with Gasteiger partial charge in [-0.25, -0.2) is 0 Å². The van der Waals surface area contributed by atoms with Crippen LogP contribution >= 0.6 is 0 Å². The van der Waals surface area contributed by atoms with Crippen molar-refractivity contribution < 1.29 is 4.74 Å². The van der Waals surface area contributed by atoms with Crippen molar-refractivity contribution >= 4 is 0 Å². The summed E-state index contributed by atoms with van der Waals surface area (Å²) in [5.41, 5.74) is 10.0. The van der Waals surface area contributed by atoms with Crippen LogP contribution in [0.2, 0.25) is 0 Å². The van der Waals surface area contributed by atoms with E-state index in [4.69, 9.17) is 10.5 Å². The Labute approximate surface area is 111 Å². The molecular formula is C15H26N2O. The average molecular weight is 250 g/mol. The van der Waals surface area contributed by atoms with Crippen molar-refractivity contribution in [3.63, 3.8) is 0 Å². The highest BCUT2D eigenvalue weighted by Crippen LogP contribution is 2.15. The van der Waals surface area contributed by atoms with Crippen molar-refractivity contribution in [2.45, 2.75) is 26.8 Å². The van der Waals surface area contributed by atoms with Gasteiger partial charge in [0, 0.05) is 25.7 Å². The Kier molecular flexibility index (Phi) is 6.33. The Bertz CT molecular complexity index is 345. The lowest BCUT2D eigenvalue weighted by atomic mass is 10.0. The summed E-state index contributed by atoms with van der Waals surface area (Å²) in [6.45, 7) is 9.57. The fourth-order valence-corrected chi connectivity index (χ4v) is 2.12. The lowest BCUT2D eigenvalue weighted by Gasteiger charge is -2.22. The van der Waals surface area contributed by atoms with Gasteiger partial charge in [-0.2, -0.15) is 0 Å². The van der Waals surface area contributed by atoms with E-state index in [1.165, 1.54) is 16.7 Å². The SMILES string of the molecule is CCOCCN(C)CC(N)c1cc(C)cc(C)c1. The molecule has 0 saturated heterocycles. The third-order valence-corrected chi connectivity index (χ3v) is 3.00. The molecule has 0 saturated carbocycles. The maximum Gasteiger partial charge on any atom is 0.0593 e. The molecule has 3 nitrogen and oxygen atoms in total. The van der Waals surface area contributed by atoms with E-state index in [-0.39, 0.29) is 6.04 Å². The Morgan fingerprint density at radius 1 is 1.22 bits per heavy atom. The molecule has 0 amide bonds. The maximum absolute atomic E-state index is 6.26. The van der Waals surface area contributed by atoms with Crippen molar-refractivity contribution in [1.82, 2.24) is 4.90 Å². The molecule has 0 radical (unpaired) electrons. The molecule has 0 heterocycles. The maximum atomic E-state index is 6.26. The van der Waals surface area contributed by atoms with Gasteiger partial charge in [0.15, 0.2) is 0 Å². The highest BCUT2D eigenvalue weighted by molar-refractivity contribution is 5.30. The second kappa shape index (κ2) is 7.52. The van der Waals surface area contributed by atoms with Crippen LogP contribution in [0, 0.1) is 13.8 Å². The molecule has 1 rings (SSSR count). The summed E-state index contributed by atoms with van der Waals surface area (Å²) in [5, 5.41) is 0. The van der Waals surface area contributed by atoms with Crippen molar-refractivity contribution in [2.75, 3.05) is 33.4 Å². The molecule has 3 heteroatoms. The van der Waals surface area contributed by atoms with Crippen molar-refractivity contribution in [2.24, 2.45) is 5.73 Å². The first-order chi connectivity index (χ1) is 8.52. The molecule has 0 bridgehead atoms. The van der Waals surface area contributed by atoms with E-state index in [9.17, 15) is 0 Å². The van der Waals surface area contributed by atoms with Gasteiger partial charge in [0.1, 0.15) is 0 Å². The molecule has 2 N–H and O–H groups in total. The minimum absolute atomic E-state index is 0.0650. The van der Waals surface area contributed by atoms with E-state index >= 15 is 0 Å². The summed E-state index contributed by atoms with van der Waals surface area (Å²) in [6.07, 6.45) is 0. The van der Waals surface area contributed by atoms with Crippen LogP contribution in [0.25, 0.3) is 0 Å². The largest absolute Gasteiger partial charge is 0.380 e. The van der Waals surface area contributed by atoms with E-state index in [1.807, 2.05) is 6.92 Å². The molecule has 1 aromatic carbocycles. The van der Waals surface area contributed by atoms with E-state index < -0.39 is 0 Å². The van der Waals surface area contributed by atoms with Gasteiger partial charge in [-0.1, -0.05) is 29.3 Å². The summed E-state index contributed by atoms with van der Waals surface area (Å²) in [6, 6.07) is 6.59. The molecule has 0 aromatic heterocycles. The predicted molar refractivity (Wildman–Crippen MR) is 76.8 cm³/mol. The van der Waals surface area contributed by atoms with Gasteiger partial charge >= 0.3 is 0 Å². The number of aryl methyl sites for hydroxylation is 2. The van der Waals surface area contributed by atoms with Crippen molar-refractivity contribution in [1.29, 1.82) is 0 Å². The first-order valence-corrected chi connectivity index (χ1v) is 6.63. The van der Waals surface area contributed by atoms with Gasteiger partial charge in [0.2, 0.25) is 0 Å². The molecule has 18 heavy (non-hydrogen) atoms. The number of rotatable bonds is 7. The topological polar surface area (TPSA) is 38.5 Å². The summed E-state index contributed by atoms with van der Waals surface area (Å²) in [7, 11) is 2.08. The van der Waals surface area contributed by atoms with Crippen LogP contribution in [-0.2, 0) is 4.74 Å². The van der Waals surface area contributed by atoms with Crippen LogP contribution in [0.1, 0.15) is 29.7 Å². The molecule has 102 valence electrons. The number of benzene rings is 1.